The Labute approximate surface area is 105 Å². The van der Waals surface area contributed by atoms with Crippen LogP contribution in [-0.2, 0) is 11.3 Å². The van der Waals surface area contributed by atoms with E-state index in [2.05, 4.69) is 31.9 Å². The molecule has 0 N–H and O–H groups in total. The van der Waals surface area contributed by atoms with Crippen LogP contribution in [0.1, 0.15) is 13.8 Å². The molecule has 0 radical (unpaired) electrons. The van der Waals surface area contributed by atoms with Crippen molar-refractivity contribution in [2.45, 2.75) is 20.4 Å². The Morgan fingerprint density at radius 1 is 1.47 bits per heavy atom. The number of carbonyl (C=O) groups excluding carboxylic acids is 1. The fraction of sp³-hybridized carbons (Fsp3) is 0.400. The first-order chi connectivity index (χ1) is 6.91. The lowest BCUT2D eigenvalue weighted by Crippen LogP contribution is -2.26. The van der Waals surface area contributed by atoms with Gasteiger partial charge in [0.15, 0.2) is 5.78 Å². The van der Waals surface area contributed by atoms with E-state index in [4.69, 9.17) is 0 Å². The number of hydrogen-bond acceptors (Lipinski definition) is 2. The molecule has 1 rings (SSSR count). The summed E-state index contributed by atoms with van der Waals surface area (Å²) < 4.78 is 2.62. The van der Waals surface area contributed by atoms with Crippen molar-refractivity contribution in [1.29, 1.82) is 0 Å². The lowest BCUT2D eigenvalue weighted by molar-refractivity contribution is -0.122. The molecular weight excluding hydrogens is 326 g/mol. The predicted octanol–water partition coefficient (Wildman–Crippen LogP) is 2.60. The highest BCUT2D eigenvalue weighted by Gasteiger charge is 2.10. The molecule has 0 spiro atoms. The fourth-order valence-electron chi connectivity index (χ4n) is 1.03. The number of rotatable bonds is 3. The van der Waals surface area contributed by atoms with Crippen LogP contribution >= 0.6 is 31.9 Å². The minimum Gasteiger partial charge on any atom is -0.306 e. The Balaban J connectivity index is 3.05. The fourth-order valence-corrected chi connectivity index (χ4v) is 2.29. The van der Waals surface area contributed by atoms with Gasteiger partial charge in [0, 0.05) is 16.6 Å². The third kappa shape index (κ3) is 3.28. The molecule has 3 nitrogen and oxygen atoms in total. The molecule has 1 heterocycles. The summed E-state index contributed by atoms with van der Waals surface area (Å²) in [5, 5.41) is 0. The van der Waals surface area contributed by atoms with Gasteiger partial charge in [-0.05, 0) is 37.9 Å². The van der Waals surface area contributed by atoms with Gasteiger partial charge in [0.2, 0.25) is 0 Å². The van der Waals surface area contributed by atoms with Crippen molar-refractivity contribution in [3.8, 4) is 0 Å². The van der Waals surface area contributed by atoms with Crippen LogP contribution in [0.25, 0.3) is 0 Å². The van der Waals surface area contributed by atoms with Crippen molar-refractivity contribution in [2.75, 3.05) is 0 Å². The number of Topliss-reactive ketones (excluding diaryl/α,β-unsaturated/α-hetero) is 1. The van der Waals surface area contributed by atoms with Gasteiger partial charge < -0.3 is 4.57 Å². The molecule has 15 heavy (non-hydrogen) atoms. The topological polar surface area (TPSA) is 39.1 Å². The number of pyridine rings is 1. The van der Waals surface area contributed by atoms with E-state index in [-0.39, 0.29) is 23.8 Å². The van der Waals surface area contributed by atoms with E-state index in [1.165, 1.54) is 4.57 Å². The summed E-state index contributed by atoms with van der Waals surface area (Å²) in [7, 11) is 0. The van der Waals surface area contributed by atoms with Gasteiger partial charge in [0.05, 0.1) is 11.0 Å². The summed E-state index contributed by atoms with van der Waals surface area (Å²) in [6.45, 7) is 3.76. The number of hydrogen-bond donors (Lipinski definition) is 0. The van der Waals surface area contributed by atoms with Crippen LogP contribution in [0.15, 0.2) is 26.0 Å². The lowest BCUT2D eigenvalue weighted by Gasteiger charge is -2.08. The first-order valence-corrected chi connectivity index (χ1v) is 6.08. The molecule has 0 atom stereocenters. The van der Waals surface area contributed by atoms with E-state index < -0.39 is 0 Å². The van der Waals surface area contributed by atoms with Crippen molar-refractivity contribution in [2.24, 2.45) is 5.92 Å². The molecular formula is C10H11Br2NO2. The molecule has 0 bridgehead atoms. The van der Waals surface area contributed by atoms with Crippen molar-refractivity contribution >= 4 is 37.6 Å². The van der Waals surface area contributed by atoms with Gasteiger partial charge in [-0.2, -0.15) is 0 Å². The van der Waals surface area contributed by atoms with Crippen molar-refractivity contribution in [3.05, 3.63) is 31.6 Å². The molecule has 0 aliphatic heterocycles. The largest absolute Gasteiger partial charge is 0.306 e. The van der Waals surface area contributed by atoms with Gasteiger partial charge in [-0.25, -0.2) is 0 Å². The van der Waals surface area contributed by atoms with Crippen molar-refractivity contribution < 1.29 is 4.79 Å². The van der Waals surface area contributed by atoms with Crippen LogP contribution in [0.3, 0.4) is 0 Å². The Morgan fingerprint density at radius 3 is 2.60 bits per heavy atom. The predicted molar refractivity (Wildman–Crippen MR) is 65.9 cm³/mol. The van der Waals surface area contributed by atoms with Crippen LogP contribution in [0.5, 0.6) is 0 Å². The molecule has 0 fully saturated rings. The van der Waals surface area contributed by atoms with Gasteiger partial charge in [0.25, 0.3) is 5.56 Å². The van der Waals surface area contributed by atoms with E-state index >= 15 is 0 Å². The zero-order valence-corrected chi connectivity index (χ0v) is 11.6. The highest BCUT2D eigenvalue weighted by atomic mass is 79.9. The standard InChI is InChI=1S/C10H11Br2NO2/c1-6(2)9(14)5-13-4-7(11)3-8(12)10(13)15/h3-4,6H,5H2,1-2H3. The first kappa shape index (κ1) is 12.6. The van der Waals surface area contributed by atoms with Crippen LogP contribution in [-0.4, -0.2) is 10.4 Å². The summed E-state index contributed by atoms with van der Waals surface area (Å²) in [6, 6.07) is 1.67. The quantitative estimate of drug-likeness (QED) is 0.851. The Hall–Kier alpha value is -0.420. The molecule has 1 aromatic heterocycles. The maximum Gasteiger partial charge on any atom is 0.265 e. The second-order valence-corrected chi connectivity index (χ2v) is 5.33. The van der Waals surface area contributed by atoms with Gasteiger partial charge in [0.1, 0.15) is 0 Å². The molecule has 0 saturated heterocycles. The smallest absolute Gasteiger partial charge is 0.265 e. The number of aromatic nitrogens is 1. The van der Waals surface area contributed by atoms with E-state index in [0.717, 1.165) is 4.47 Å². The van der Waals surface area contributed by atoms with Crippen molar-refractivity contribution in [3.63, 3.8) is 0 Å². The highest BCUT2D eigenvalue weighted by molar-refractivity contribution is 9.11. The second kappa shape index (κ2) is 5.07. The maximum atomic E-state index is 11.6. The lowest BCUT2D eigenvalue weighted by atomic mass is 10.1. The third-order valence-corrected chi connectivity index (χ3v) is 2.98. The maximum absolute atomic E-state index is 11.6. The Kier molecular flexibility index (Phi) is 4.28. The second-order valence-electron chi connectivity index (χ2n) is 3.56. The monoisotopic (exact) mass is 335 g/mol. The molecule has 82 valence electrons. The van der Waals surface area contributed by atoms with E-state index in [1.807, 2.05) is 13.8 Å². The molecule has 1 aromatic rings. The first-order valence-electron chi connectivity index (χ1n) is 4.50. The van der Waals surface area contributed by atoms with Gasteiger partial charge in [-0.3, -0.25) is 9.59 Å². The van der Waals surface area contributed by atoms with E-state index in [9.17, 15) is 9.59 Å². The highest BCUT2D eigenvalue weighted by Crippen LogP contribution is 2.13. The Morgan fingerprint density at radius 2 is 2.07 bits per heavy atom. The van der Waals surface area contributed by atoms with Gasteiger partial charge in [-0.15, -0.1) is 0 Å². The molecule has 0 amide bonds. The molecule has 0 aliphatic rings. The normalized spacial score (nSPS) is 10.7. The summed E-state index contributed by atoms with van der Waals surface area (Å²) in [5.41, 5.74) is -0.188. The summed E-state index contributed by atoms with van der Waals surface area (Å²) >= 11 is 6.42. The van der Waals surface area contributed by atoms with Gasteiger partial charge in [-0.1, -0.05) is 13.8 Å². The van der Waals surface area contributed by atoms with Crippen LogP contribution in [0, 0.1) is 5.92 Å². The van der Waals surface area contributed by atoms with Crippen molar-refractivity contribution in [1.82, 2.24) is 4.57 Å². The number of carbonyl (C=O) groups is 1. The Bertz CT molecular complexity index is 438. The summed E-state index contributed by atoms with van der Waals surface area (Å²) in [4.78, 5) is 23.1. The molecule has 5 heteroatoms. The molecule has 0 saturated carbocycles. The molecule has 0 aromatic carbocycles. The van der Waals surface area contributed by atoms with Crippen LogP contribution in [0.2, 0.25) is 0 Å². The number of nitrogens with zero attached hydrogens (tertiary/aromatic N) is 1. The number of ketones is 1. The number of halogens is 2. The minimum absolute atomic E-state index is 0.0436. The van der Waals surface area contributed by atoms with Crippen LogP contribution < -0.4 is 5.56 Å². The molecule has 0 aliphatic carbocycles. The summed E-state index contributed by atoms with van der Waals surface area (Å²) in [5.74, 6) is -0.0169. The van der Waals surface area contributed by atoms with Gasteiger partial charge >= 0.3 is 0 Å². The van der Waals surface area contributed by atoms with E-state index in [1.54, 1.807) is 12.3 Å². The zero-order valence-electron chi connectivity index (χ0n) is 8.46. The average molecular weight is 337 g/mol. The summed E-state index contributed by atoms with van der Waals surface area (Å²) in [6.07, 6.45) is 1.62. The minimum atomic E-state index is -0.188. The SMILES string of the molecule is CC(C)C(=O)Cn1cc(Br)cc(Br)c1=O. The zero-order chi connectivity index (χ0) is 11.6. The third-order valence-electron chi connectivity index (χ3n) is 1.98. The average Bonchev–Trinajstić information content (AvgIpc) is 2.13. The molecule has 0 unspecified atom stereocenters. The van der Waals surface area contributed by atoms with E-state index in [0.29, 0.717) is 4.47 Å². The van der Waals surface area contributed by atoms with Crippen LogP contribution in [0.4, 0.5) is 0 Å².